The zero-order valence-corrected chi connectivity index (χ0v) is 17.0. The molecule has 0 radical (unpaired) electrons. The molecule has 1 saturated carbocycles. The molecule has 140 valence electrons. The van der Waals surface area contributed by atoms with Crippen molar-refractivity contribution in [3.05, 3.63) is 40.4 Å². The SMILES string of the molecule is CC(=C(C)C(O)(CC1CCCCC1)C(C)(C)CN)c1ccc(Cl)cc1. The minimum absolute atomic E-state index is 0.373. The minimum Gasteiger partial charge on any atom is -0.385 e. The number of hydrogen-bond donors (Lipinski definition) is 2. The summed E-state index contributed by atoms with van der Waals surface area (Å²) in [7, 11) is 0. The first-order valence-corrected chi connectivity index (χ1v) is 9.95. The Labute approximate surface area is 158 Å². The highest BCUT2D eigenvalue weighted by Crippen LogP contribution is 2.45. The zero-order valence-electron chi connectivity index (χ0n) is 16.2. The third kappa shape index (κ3) is 4.48. The molecule has 3 heteroatoms. The third-order valence-electron chi connectivity index (χ3n) is 6.40. The van der Waals surface area contributed by atoms with Crippen LogP contribution >= 0.6 is 11.6 Å². The Balaban J connectivity index is 2.42. The van der Waals surface area contributed by atoms with E-state index in [4.69, 9.17) is 17.3 Å². The van der Waals surface area contributed by atoms with E-state index in [1.807, 2.05) is 24.3 Å². The predicted molar refractivity (Wildman–Crippen MR) is 109 cm³/mol. The Bertz CT molecular complexity index is 599. The smallest absolute Gasteiger partial charge is 0.0925 e. The van der Waals surface area contributed by atoms with Crippen LogP contribution in [0.2, 0.25) is 5.02 Å². The van der Waals surface area contributed by atoms with Gasteiger partial charge in [0.25, 0.3) is 0 Å². The summed E-state index contributed by atoms with van der Waals surface area (Å²) in [6.45, 7) is 8.81. The van der Waals surface area contributed by atoms with Gasteiger partial charge >= 0.3 is 0 Å². The molecule has 1 fully saturated rings. The Morgan fingerprint density at radius 2 is 1.68 bits per heavy atom. The van der Waals surface area contributed by atoms with Crippen LogP contribution in [0.25, 0.3) is 5.57 Å². The van der Waals surface area contributed by atoms with Gasteiger partial charge in [-0.05, 0) is 55.0 Å². The van der Waals surface area contributed by atoms with Gasteiger partial charge in [0.05, 0.1) is 5.60 Å². The van der Waals surface area contributed by atoms with Crippen molar-refractivity contribution in [3.8, 4) is 0 Å². The Morgan fingerprint density at radius 3 is 2.20 bits per heavy atom. The maximum atomic E-state index is 11.9. The number of rotatable bonds is 6. The van der Waals surface area contributed by atoms with Crippen LogP contribution in [-0.2, 0) is 0 Å². The van der Waals surface area contributed by atoms with Crippen LogP contribution in [0.15, 0.2) is 29.8 Å². The summed E-state index contributed by atoms with van der Waals surface area (Å²) in [5.41, 5.74) is 8.09. The van der Waals surface area contributed by atoms with E-state index in [-0.39, 0.29) is 5.41 Å². The lowest BCUT2D eigenvalue weighted by Crippen LogP contribution is -2.51. The molecule has 3 N–H and O–H groups in total. The lowest BCUT2D eigenvalue weighted by Gasteiger charge is -2.46. The van der Waals surface area contributed by atoms with Gasteiger partial charge in [0, 0.05) is 17.0 Å². The summed E-state index contributed by atoms with van der Waals surface area (Å²) in [6, 6.07) is 7.86. The average Bonchev–Trinajstić information content (AvgIpc) is 2.61. The largest absolute Gasteiger partial charge is 0.385 e. The number of aliphatic hydroxyl groups is 1. The zero-order chi connectivity index (χ0) is 18.7. The normalized spacial score (nSPS) is 20.1. The van der Waals surface area contributed by atoms with Gasteiger partial charge in [-0.15, -0.1) is 0 Å². The van der Waals surface area contributed by atoms with E-state index in [9.17, 15) is 5.11 Å². The quantitative estimate of drug-likeness (QED) is 0.668. The van der Waals surface area contributed by atoms with Crippen LogP contribution < -0.4 is 5.73 Å². The average molecular weight is 364 g/mol. The summed E-state index contributed by atoms with van der Waals surface area (Å²) in [5.74, 6) is 0.581. The molecule has 25 heavy (non-hydrogen) atoms. The second-order valence-electron chi connectivity index (χ2n) is 8.41. The third-order valence-corrected chi connectivity index (χ3v) is 6.65. The molecule has 1 aliphatic carbocycles. The van der Waals surface area contributed by atoms with Crippen molar-refractivity contribution in [1.82, 2.24) is 0 Å². The number of allylic oxidation sites excluding steroid dienone is 1. The molecule has 1 aromatic rings. The lowest BCUT2D eigenvalue weighted by molar-refractivity contribution is -0.0510. The molecular formula is C22H34ClNO. The maximum absolute atomic E-state index is 11.9. The molecule has 2 rings (SSSR count). The molecule has 0 heterocycles. The van der Waals surface area contributed by atoms with Crippen molar-refractivity contribution < 1.29 is 5.11 Å². The fourth-order valence-corrected chi connectivity index (χ4v) is 4.27. The molecule has 0 spiro atoms. The number of hydrogen-bond acceptors (Lipinski definition) is 2. The highest BCUT2D eigenvalue weighted by molar-refractivity contribution is 6.30. The van der Waals surface area contributed by atoms with Gasteiger partial charge < -0.3 is 10.8 Å². The molecule has 0 aromatic heterocycles. The van der Waals surface area contributed by atoms with Crippen LogP contribution in [0.5, 0.6) is 0 Å². The highest BCUT2D eigenvalue weighted by Gasteiger charge is 2.46. The first-order chi connectivity index (χ1) is 11.7. The molecule has 0 bridgehead atoms. The van der Waals surface area contributed by atoms with E-state index in [2.05, 4.69) is 27.7 Å². The Hall–Kier alpha value is -0.830. The highest BCUT2D eigenvalue weighted by atomic mass is 35.5. The molecule has 1 atom stereocenters. The van der Waals surface area contributed by atoms with Crippen molar-refractivity contribution in [3.63, 3.8) is 0 Å². The number of halogens is 1. The fraction of sp³-hybridized carbons (Fsp3) is 0.636. The summed E-state index contributed by atoms with van der Waals surface area (Å²) < 4.78 is 0. The second-order valence-corrected chi connectivity index (χ2v) is 8.85. The van der Waals surface area contributed by atoms with Crippen molar-refractivity contribution in [2.24, 2.45) is 17.1 Å². The van der Waals surface area contributed by atoms with E-state index < -0.39 is 5.60 Å². The molecular weight excluding hydrogens is 330 g/mol. The Morgan fingerprint density at radius 1 is 1.12 bits per heavy atom. The summed E-state index contributed by atoms with van der Waals surface area (Å²) >= 11 is 6.03. The van der Waals surface area contributed by atoms with Gasteiger partial charge in [-0.25, -0.2) is 0 Å². The molecule has 1 aliphatic rings. The molecule has 0 aliphatic heterocycles. The first kappa shape index (κ1) is 20.5. The second kappa shape index (κ2) is 8.24. The standard InChI is InChI=1S/C22H34ClNO/c1-16(19-10-12-20(23)13-11-19)17(2)22(25,21(3,4)15-24)14-18-8-6-5-7-9-18/h10-13,18,25H,5-9,14-15,24H2,1-4H3. The predicted octanol–water partition coefficient (Wildman–Crippen LogP) is 5.82. The molecule has 0 amide bonds. The van der Waals surface area contributed by atoms with Crippen LogP contribution in [0.1, 0.15) is 71.8 Å². The lowest BCUT2D eigenvalue weighted by atomic mass is 9.64. The number of nitrogens with two attached hydrogens (primary N) is 1. The van der Waals surface area contributed by atoms with Crippen molar-refractivity contribution in [2.75, 3.05) is 6.54 Å². The summed E-state index contributed by atoms with van der Waals surface area (Å²) in [6.07, 6.45) is 7.12. The van der Waals surface area contributed by atoms with Crippen molar-refractivity contribution >= 4 is 17.2 Å². The monoisotopic (exact) mass is 363 g/mol. The van der Waals surface area contributed by atoms with E-state index in [1.54, 1.807) is 0 Å². The van der Waals surface area contributed by atoms with Crippen molar-refractivity contribution in [2.45, 2.75) is 71.8 Å². The van der Waals surface area contributed by atoms with Crippen LogP contribution in [0, 0.1) is 11.3 Å². The van der Waals surface area contributed by atoms with E-state index in [0.29, 0.717) is 12.5 Å². The number of benzene rings is 1. The summed E-state index contributed by atoms with van der Waals surface area (Å²) in [5, 5.41) is 12.6. The van der Waals surface area contributed by atoms with Crippen LogP contribution in [0.3, 0.4) is 0 Å². The fourth-order valence-electron chi connectivity index (χ4n) is 4.14. The maximum Gasteiger partial charge on any atom is 0.0925 e. The minimum atomic E-state index is -0.895. The van der Waals surface area contributed by atoms with Crippen LogP contribution in [-0.4, -0.2) is 17.3 Å². The Kier molecular flexibility index (Phi) is 6.75. The summed E-state index contributed by atoms with van der Waals surface area (Å²) in [4.78, 5) is 0. The first-order valence-electron chi connectivity index (χ1n) is 9.57. The molecule has 0 saturated heterocycles. The molecule has 2 nitrogen and oxygen atoms in total. The van der Waals surface area contributed by atoms with Crippen molar-refractivity contribution in [1.29, 1.82) is 0 Å². The van der Waals surface area contributed by atoms with Gasteiger partial charge in [0.2, 0.25) is 0 Å². The van der Waals surface area contributed by atoms with E-state index >= 15 is 0 Å². The van der Waals surface area contributed by atoms with Gasteiger partial charge in [-0.1, -0.05) is 69.7 Å². The van der Waals surface area contributed by atoms with Gasteiger partial charge in [-0.2, -0.15) is 0 Å². The molecule has 1 unspecified atom stereocenters. The van der Waals surface area contributed by atoms with E-state index in [0.717, 1.165) is 28.2 Å². The van der Waals surface area contributed by atoms with Gasteiger partial charge in [0.1, 0.15) is 0 Å². The van der Waals surface area contributed by atoms with E-state index in [1.165, 1.54) is 32.1 Å². The van der Waals surface area contributed by atoms with Gasteiger partial charge in [0.15, 0.2) is 0 Å². The van der Waals surface area contributed by atoms with Crippen LogP contribution in [0.4, 0.5) is 0 Å². The van der Waals surface area contributed by atoms with Gasteiger partial charge in [-0.3, -0.25) is 0 Å². The molecule has 1 aromatic carbocycles. The topological polar surface area (TPSA) is 46.2 Å².